The average Bonchev–Trinajstić information content (AvgIpc) is 2.83. The molecule has 6 heteroatoms. The summed E-state index contributed by atoms with van der Waals surface area (Å²) in [6, 6.07) is 8.22. The van der Waals surface area contributed by atoms with Gasteiger partial charge in [-0.1, -0.05) is 24.2 Å². The third-order valence-electron chi connectivity index (χ3n) is 3.68. The number of hydrogen-bond acceptors (Lipinski definition) is 3. The quantitative estimate of drug-likeness (QED) is 0.317. The summed E-state index contributed by atoms with van der Waals surface area (Å²) in [6.45, 7) is 6.71. The van der Waals surface area contributed by atoms with Crippen molar-refractivity contribution in [2.45, 2.75) is 40.0 Å². The van der Waals surface area contributed by atoms with Crippen LogP contribution < -0.4 is 11.1 Å². The number of hydrogen-bond donors (Lipinski definition) is 2. The van der Waals surface area contributed by atoms with Crippen molar-refractivity contribution in [2.24, 2.45) is 10.7 Å². The van der Waals surface area contributed by atoms with Crippen LogP contribution in [-0.4, -0.2) is 17.7 Å². The second kappa shape index (κ2) is 9.54. The third kappa shape index (κ3) is 5.85. The molecule has 126 valence electrons. The summed E-state index contributed by atoms with van der Waals surface area (Å²) in [7, 11) is 0. The van der Waals surface area contributed by atoms with Crippen LogP contribution in [0.15, 0.2) is 33.8 Å². The SMILES string of the molecule is CCc1ccc(NC(N)=NCCCc2c(C)noc2C)cc1.I. The summed E-state index contributed by atoms with van der Waals surface area (Å²) in [5.74, 6) is 1.34. The number of aromatic nitrogens is 1. The molecule has 5 nitrogen and oxygen atoms in total. The Kier molecular flexibility index (Phi) is 8.08. The first-order valence-electron chi connectivity index (χ1n) is 7.67. The lowest BCUT2D eigenvalue weighted by Crippen LogP contribution is -2.22. The molecule has 1 aromatic heterocycles. The molecule has 1 heterocycles. The molecule has 0 radical (unpaired) electrons. The monoisotopic (exact) mass is 428 g/mol. The number of anilines is 1. The molecule has 0 atom stereocenters. The van der Waals surface area contributed by atoms with Crippen LogP contribution >= 0.6 is 24.0 Å². The van der Waals surface area contributed by atoms with E-state index < -0.39 is 0 Å². The highest BCUT2D eigenvalue weighted by Gasteiger charge is 2.07. The maximum Gasteiger partial charge on any atom is 0.193 e. The molecule has 3 N–H and O–H groups in total. The minimum atomic E-state index is 0. The van der Waals surface area contributed by atoms with E-state index in [1.807, 2.05) is 26.0 Å². The van der Waals surface area contributed by atoms with Gasteiger partial charge in [-0.15, -0.1) is 24.0 Å². The highest BCUT2D eigenvalue weighted by molar-refractivity contribution is 14.0. The smallest absolute Gasteiger partial charge is 0.193 e. The van der Waals surface area contributed by atoms with E-state index in [4.69, 9.17) is 10.3 Å². The number of benzene rings is 1. The van der Waals surface area contributed by atoms with Gasteiger partial charge >= 0.3 is 0 Å². The van der Waals surface area contributed by atoms with Gasteiger partial charge in [-0.2, -0.15) is 0 Å². The van der Waals surface area contributed by atoms with Crippen LogP contribution in [0.5, 0.6) is 0 Å². The summed E-state index contributed by atoms with van der Waals surface area (Å²) >= 11 is 0. The Hall–Kier alpha value is -1.57. The van der Waals surface area contributed by atoms with Crippen molar-refractivity contribution < 1.29 is 4.52 Å². The first kappa shape index (κ1) is 19.5. The maximum absolute atomic E-state index is 5.90. The van der Waals surface area contributed by atoms with Crippen molar-refractivity contribution in [1.29, 1.82) is 0 Å². The number of nitrogens with one attached hydrogen (secondary N) is 1. The Bertz CT molecular complexity index is 615. The van der Waals surface area contributed by atoms with Crippen molar-refractivity contribution in [1.82, 2.24) is 5.16 Å². The molecule has 1 aromatic carbocycles. The fraction of sp³-hybridized carbons (Fsp3) is 0.412. The van der Waals surface area contributed by atoms with E-state index >= 15 is 0 Å². The molecule has 2 aromatic rings. The molecule has 0 fully saturated rings. The van der Waals surface area contributed by atoms with E-state index in [1.165, 1.54) is 11.1 Å². The molecular formula is C17H25IN4O. The van der Waals surface area contributed by atoms with E-state index in [-0.39, 0.29) is 24.0 Å². The second-order valence-electron chi connectivity index (χ2n) is 5.35. The number of aryl methyl sites for hydroxylation is 3. The molecule has 0 spiro atoms. The Labute approximate surface area is 154 Å². The van der Waals surface area contributed by atoms with Crippen molar-refractivity contribution in [3.05, 3.63) is 46.8 Å². The van der Waals surface area contributed by atoms with Gasteiger partial charge in [-0.05, 0) is 50.8 Å². The number of nitrogens with two attached hydrogens (primary N) is 1. The molecule has 2 rings (SSSR count). The Morgan fingerprint density at radius 3 is 2.52 bits per heavy atom. The number of guanidine groups is 1. The molecular weight excluding hydrogens is 403 g/mol. The Morgan fingerprint density at radius 2 is 1.96 bits per heavy atom. The zero-order chi connectivity index (χ0) is 15.9. The van der Waals surface area contributed by atoms with Crippen LogP contribution in [0.3, 0.4) is 0 Å². The molecule has 0 saturated carbocycles. The molecule has 0 aliphatic carbocycles. The standard InChI is InChI=1S/C17H24N4O.HI/c1-4-14-7-9-15(10-8-14)20-17(18)19-11-5-6-16-12(2)21-22-13(16)3;/h7-10H,4-6,11H2,1-3H3,(H3,18,19,20);1H. The second-order valence-corrected chi connectivity index (χ2v) is 5.35. The van der Waals surface area contributed by atoms with Gasteiger partial charge in [0.15, 0.2) is 5.96 Å². The summed E-state index contributed by atoms with van der Waals surface area (Å²) in [6.07, 6.45) is 2.86. The largest absolute Gasteiger partial charge is 0.370 e. The summed E-state index contributed by atoms with van der Waals surface area (Å²) in [5, 5.41) is 7.06. The lowest BCUT2D eigenvalue weighted by molar-refractivity contribution is 0.392. The first-order valence-corrected chi connectivity index (χ1v) is 7.67. The van der Waals surface area contributed by atoms with Gasteiger partial charge in [-0.25, -0.2) is 0 Å². The normalized spacial score (nSPS) is 11.2. The van der Waals surface area contributed by atoms with Gasteiger partial charge in [0.25, 0.3) is 0 Å². The first-order chi connectivity index (χ1) is 10.6. The van der Waals surface area contributed by atoms with Gasteiger partial charge < -0.3 is 15.6 Å². The van der Waals surface area contributed by atoms with Crippen LogP contribution in [0.1, 0.15) is 35.9 Å². The molecule has 23 heavy (non-hydrogen) atoms. The highest BCUT2D eigenvalue weighted by Crippen LogP contribution is 2.14. The van der Waals surface area contributed by atoms with Gasteiger partial charge in [-0.3, -0.25) is 4.99 Å². The fourth-order valence-corrected chi connectivity index (χ4v) is 2.33. The number of halogens is 1. The molecule has 0 amide bonds. The number of aliphatic imine (C=N–C) groups is 1. The lowest BCUT2D eigenvalue weighted by Gasteiger charge is -2.06. The summed E-state index contributed by atoms with van der Waals surface area (Å²) in [5.41, 5.74) is 10.3. The Morgan fingerprint density at radius 1 is 1.26 bits per heavy atom. The van der Waals surface area contributed by atoms with E-state index in [1.54, 1.807) is 0 Å². The topological polar surface area (TPSA) is 76.4 Å². The fourth-order valence-electron chi connectivity index (χ4n) is 2.33. The zero-order valence-electron chi connectivity index (χ0n) is 13.9. The van der Waals surface area contributed by atoms with Crippen LogP contribution in [0, 0.1) is 13.8 Å². The van der Waals surface area contributed by atoms with E-state index in [9.17, 15) is 0 Å². The van der Waals surface area contributed by atoms with Crippen molar-refractivity contribution in [3.8, 4) is 0 Å². The molecule has 0 unspecified atom stereocenters. The molecule has 0 aliphatic heterocycles. The predicted molar refractivity (Wildman–Crippen MR) is 106 cm³/mol. The van der Waals surface area contributed by atoms with E-state index in [2.05, 4.69) is 34.5 Å². The van der Waals surface area contributed by atoms with Gasteiger partial charge in [0, 0.05) is 17.8 Å². The molecule has 0 bridgehead atoms. The van der Waals surface area contributed by atoms with Crippen molar-refractivity contribution in [3.63, 3.8) is 0 Å². The maximum atomic E-state index is 5.90. The molecule has 0 aliphatic rings. The van der Waals surface area contributed by atoms with Crippen LogP contribution in [0.25, 0.3) is 0 Å². The van der Waals surface area contributed by atoms with Crippen LogP contribution in [0.4, 0.5) is 5.69 Å². The van der Waals surface area contributed by atoms with Gasteiger partial charge in [0.1, 0.15) is 5.76 Å². The number of nitrogens with zero attached hydrogens (tertiary/aromatic N) is 2. The zero-order valence-corrected chi connectivity index (χ0v) is 16.3. The lowest BCUT2D eigenvalue weighted by atomic mass is 10.1. The van der Waals surface area contributed by atoms with Crippen LogP contribution in [-0.2, 0) is 12.8 Å². The third-order valence-corrected chi connectivity index (χ3v) is 3.68. The predicted octanol–water partition coefficient (Wildman–Crippen LogP) is 3.83. The van der Waals surface area contributed by atoms with Gasteiger partial charge in [0.05, 0.1) is 5.69 Å². The summed E-state index contributed by atoms with van der Waals surface area (Å²) in [4.78, 5) is 4.35. The van der Waals surface area contributed by atoms with Crippen molar-refractivity contribution in [2.75, 3.05) is 11.9 Å². The minimum Gasteiger partial charge on any atom is -0.370 e. The van der Waals surface area contributed by atoms with Crippen LogP contribution in [0.2, 0.25) is 0 Å². The van der Waals surface area contributed by atoms with Crippen molar-refractivity contribution >= 4 is 35.6 Å². The number of rotatable bonds is 6. The van der Waals surface area contributed by atoms with E-state index in [0.29, 0.717) is 12.5 Å². The summed E-state index contributed by atoms with van der Waals surface area (Å²) < 4.78 is 5.15. The van der Waals surface area contributed by atoms with E-state index in [0.717, 1.165) is 36.4 Å². The highest BCUT2D eigenvalue weighted by atomic mass is 127. The molecule has 0 saturated heterocycles. The average molecular weight is 428 g/mol. The van der Waals surface area contributed by atoms with Gasteiger partial charge in [0.2, 0.25) is 0 Å². The minimum absolute atomic E-state index is 0. The Balaban J connectivity index is 0.00000264.